The summed E-state index contributed by atoms with van der Waals surface area (Å²) in [4.78, 5) is 29.9. The molecule has 0 N–H and O–H groups in total. The molecule has 1 aromatic rings. The molecule has 0 bridgehead atoms. The Bertz CT molecular complexity index is 971. The maximum atomic E-state index is 12.9. The second kappa shape index (κ2) is 9.11. The van der Waals surface area contributed by atoms with Crippen LogP contribution in [0.15, 0.2) is 9.70 Å². The van der Waals surface area contributed by atoms with Gasteiger partial charge in [0.1, 0.15) is 21.8 Å². The minimum absolute atomic E-state index is 0.109. The van der Waals surface area contributed by atoms with Crippen molar-refractivity contribution >= 4 is 46.1 Å². The van der Waals surface area contributed by atoms with Gasteiger partial charge in [0.15, 0.2) is 0 Å². The Kier molecular flexibility index (Phi) is 6.77. The largest absolute Gasteiger partial charge is 0.385 e. The maximum Gasteiger partial charge on any atom is 0.270 e. The Labute approximate surface area is 179 Å². The van der Waals surface area contributed by atoms with Crippen molar-refractivity contribution in [2.45, 2.75) is 26.2 Å². The monoisotopic (exact) mass is 432 g/mol. The molecule has 2 saturated heterocycles. The number of nitriles is 1. The lowest BCUT2D eigenvalue weighted by atomic mass is 10.0. The topological polar surface area (TPSA) is 78.6 Å². The molecule has 154 valence electrons. The molecule has 29 heavy (non-hydrogen) atoms. The second-order valence-corrected chi connectivity index (χ2v) is 8.76. The summed E-state index contributed by atoms with van der Waals surface area (Å²) in [6, 6.07) is 2.03. The highest BCUT2D eigenvalue weighted by molar-refractivity contribution is 8.26. The van der Waals surface area contributed by atoms with Crippen molar-refractivity contribution < 1.29 is 9.53 Å². The van der Waals surface area contributed by atoms with Gasteiger partial charge in [-0.25, -0.2) is 0 Å². The van der Waals surface area contributed by atoms with E-state index in [-0.39, 0.29) is 17.0 Å². The number of carbonyl (C=O) groups excluding carboxylic acids is 1. The van der Waals surface area contributed by atoms with Gasteiger partial charge in [-0.15, -0.1) is 0 Å². The number of carbonyl (C=O) groups is 1. The molecule has 0 spiro atoms. The van der Waals surface area contributed by atoms with Crippen LogP contribution in [0.3, 0.4) is 0 Å². The van der Waals surface area contributed by atoms with Gasteiger partial charge in [0, 0.05) is 46.0 Å². The summed E-state index contributed by atoms with van der Waals surface area (Å²) in [6.07, 6.45) is 4.59. The average Bonchev–Trinajstić information content (AvgIpc) is 3.31. The molecule has 2 fully saturated rings. The molecule has 0 aromatic carbocycles. The fraction of sp³-hybridized carbons (Fsp3) is 0.500. The van der Waals surface area contributed by atoms with E-state index in [9.17, 15) is 14.9 Å². The number of aromatic nitrogens is 1. The normalized spacial score (nSPS) is 18.2. The summed E-state index contributed by atoms with van der Waals surface area (Å²) in [7, 11) is 3.31. The molecule has 0 aliphatic carbocycles. The van der Waals surface area contributed by atoms with Gasteiger partial charge in [-0.3, -0.25) is 19.1 Å². The van der Waals surface area contributed by atoms with E-state index in [0.717, 1.165) is 37.3 Å². The standard InChI is InChI=1S/C20H24N4O3S2/c1-13-14(11-16-19(26)24(20(28)29-16)9-6-10-27-3)17(23-7-4-5-8-23)22(2)18(25)15(13)12-21/h11H,4-10H2,1-3H3/b16-11-. The quantitative estimate of drug-likeness (QED) is 0.388. The number of hydrogen-bond donors (Lipinski definition) is 0. The number of anilines is 1. The van der Waals surface area contributed by atoms with Crippen LogP contribution in [0.2, 0.25) is 0 Å². The first-order valence-electron chi connectivity index (χ1n) is 9.53. The van der Waals surface area contributed by atoms with Gasteiger partial charge in [0.2, 0.25) is 0 Å². The third kappa shape index (κ3) is 4.10. The molecule has 1 aromatic heterocycles. The number of ether oxygens (including phenoxy) is 1. The molecule has 2 aliphatic heterocycles. The zero-order chi connectivity index (χ0) is 21.1. The zero-order valence-corrected chi connectivity index (χ0v) is 18.5. The van der Waals surface area contributed by atoms with Crippen molar-refractivity contribution in [2.75, 3.05) is 38.3 Å². The number of methoxy groups -OCH3 is 1. The van der Waals surface area contributed by atoms with E-state index >= 15 is 0 Å². The fourth-order valence-electron chi connectivity index (χ4n) is 3.71. The SMILES string of the molecule is COCCCN1C(=O)/C(=C/c2c(C)c(C#N)c(=O)n(C)c2N2CCCC2)SC1=S. The Morgan fingerprint density at radius 1 is 1.31 bits per heavy atom. The van der Waals surface area contributed by atoms with Crippen LogP contribution < -0.4 is 10.5 Å². The highest BCUT2D eigenvalue weighted by Crippen LogP contribution is 2.36. The van der Waals surface area contributed by atoms with E-state index in [0.29, 0.717) is 34.4 Å². The van der Waals surface area contributed by atoms with E-state index in [2.05, 4.69) is 4.90 Å². The van der Waals surface area contributed by atoms with Crippen LogP contribution in [0.25, 0.3) is 6.08 Å². The van der Waals surface area contributed by atoms with Crippen LogP contribution in [0.4, 0.5) is 5.82 Å². The first-order valence-corrected chi connectivity index (χ1v) is 10.8. The minimum atomic E-state index is -0.309. The number of nitrogens with zero attached hydrogens (tertiary/aromatic N) is 4. The van der Waals surface area contributed by atoms with E-state index in [4.69, 9.17) is 17.0 Å². The lowest BCUT2D eigenvalue weighted by molar-refractivity contribution is -0.122. The number of thiocarbonyl (C=S) groups is 1. The molecule has 9 heteroatoms. The smallest absolute Gasteiger partial charge is 0.270 e. The molecule has 0 unspecified atom stereocenters. The number of amides is 1. The fourth-order valence-corrected chi connectivity index (χ4v) is 5.00. The average molecular weight is 433 g/mol. The summed E-state index contributed by atoms with van der Waals surface area (Å²) in [5, 5.41) is 9.51. The maximum absolute atomic E-state index is 12.9. The second-order valence-electron chi connectivity index (χ2n) is 7.09. The lowest BCUT2D eigenvalue weighted by Crippen LogP contribution is -2.31. The summed E-state index contributed by atoms with van der Waals surface area (Å²) in [5.41, 5.74) is 1.14. The van der Waals surface area contributed by atoms with Gasteiger partial charge in [-0.2, -0.15) is 5.26 Å². The Balaban J connectivity index is 2.07. The first-order chi connectivity index (χ1) is 13.9. The molecule has 3 heterocycles. The Hall–Kier alpha value is -2.15. The minimum Gasteiger partial charge on any atom is -0.385 e. The van der Waals surface area contributed by atoms with Crippen LogP contribution >= 0.6 is 24.0 Å². The lowest BCUT2D eigenvalue weighted by Gasteiger charge is -2.25. The summed E-state index contributed by atoms with van der Waals surface area (Å²) in [6.45, 7) is 4.52. The molecular formula is C20H24N4O3S2. The molecule has 0 saturated carbocycles. The van der Waals surface area contributed by atoms with Gasteiger partial charge >= 0.3 is 0 Å². The summed E-state index contributed by atoms with van der Waals surface area (Å²) in [5.74, 6) is 0.615. The number of hydrogen-bond acceptors (Lipinski definition) is 7. The van der Waals surface area contributed by atoms with Crippen molar-refractivity contribution in [3.05, 3.63) is 31.9 Å². The third-order valence-corrected chi connectivity index (χ3v) is 6.63. The van der Waals surface area contributed by atoms with Crippen molar-refractivity contribution in [3.63, 3.8) is 0 Å². The summed E-state index contributed by atoms with van der Waals surface area (Å²) < 4.78 is 7.11. The number of thioether (sulfide) groups is 1. The molecule has 0 radical (unpaired) electrons. The first kappa shape index (κ1) is 21.6. The third-order valence-electron chi connectivity index (χ3n) is 5.25. The van der Waals surface area contributed by atoms with Gasteiger partial charge in [-0.05, 0) is 37.8 Å². The molecule has 3 rings (SSSR count). The molecule has 0 atom stereocenters. The Morgan fingerprint density at radius 2 is 2.00 bits per heavy atom. The van der Waals surface area contributed by atoms with E-state index < -0.39 is 0 Å². The van der Waals surface area contributed by atoms with Gasteiger partial charge in [0.05, 0.1) is 4.91 Å². The highest BCUT2D eigenvalue weighted by atomic mass is 32.2. The predicted octanol–water partition coefficient (Wildman–Crippen LogP) is 2.40. The van der Waals surface area contributed by atoms with Crippen LogP contribution in [-0.4, -0.2) is 53.0 Å². The van der Waals surface area contributed by atoms with Crippen LogP contribution in [0, 0.1) is 18.3 Å². The number of pyridine rings is 1. The molecular weight excluding hydrogens is 408 g/mol. The van der Waals surface area contributed by atoms with Crippen molar-refractivity contribution in [1.29, 1.82) is 5.26 Å². The van der Waals surface area contributed by atoms with Gasteiger partial charge in [0.25, 0.3) is 11.5 Å². The highest BCUT2D eigenvalue weighted by Gasteiger charge is 2.33. The number of rotatable bonds is 6. The predicted molar refractivity (Wildman–Crippen MR) is 119 cm³/mol. The van der Waals surface area contributed by atoms with E-state index in [1.54, 1.807) is 32.1 Å². The Morgan fingerprint density at radius 3 is 2.62 bits per heavy atom. The summed E-state index contributed by atoms with van der Waals surface area (Å²) >= 11 is 6.65. The van der Waals surface area contributed by atoms with Crippen molar-refractivity contribution in [1.82, 2.24) is 9.47 Å². The van der Waals surface area contributed by atoms with Crippen molar-refractivity contribution in [2.24, 2.45) is 7.05 Å². The van der Waals surface area contributed by atoms with Crippen LogP contribution in [0.5, 0.6) is 0 Å². The van der Waals surface area contributed by atoms with E-state index in [1.165, 1.54) is 16.3 Å². The van der Waals surface area contributed by atoms with Gasteiger partial charge < -0.3 is 9.64 Å². The molecule has 2 aliphatic rings. The van der Waals surface area contributed by atoms with Gasteiger partial charge in [-0.1, -0.05) is 24.0 Å². The van der Waals surface area contributed by atoms with Crippen molar-refractivity contribution in [3.8, 4) is 6.07 Å². The molecule has 7 nitrogen and oxygen atoms in total. The van der Waals surface area contributed by atoms with Crippen LogP contribution in [0.1, 0.15) is 36.0 Å². The molecule has 1 amide bonds. The zero-order valence-electron chi connectivity index (χ0n) is 16.9. The van der Waals surface area contributed by atoms with Crippen LogP contribution in [-0.2, 0) is 16.6 Å². The van der Waals surface area contributed by atoms with E-state index in [1.807, 2.05) is 6.07 Å².